The van der Waals surface area contributed by atoms with Gasteiger partial charge < -0.3 is 14.2 Å². The number of rotatable bonds is 3. The molecule has 1 aromatic rings. The SMILES string of the molecule is O=C1CC2CC(=O)OC2(COc2ccccc2)O1. The fraction of sp³-hybridized carbons (Fsp3) is 0.385. The van der Waals surface area contributed by atoms with Crippen molar-refractivity contribution in [3.8, 4) is 5.75 Å². The third-order valence-corrected chi connectivity index (χ3v) is 3.20. The van der Waals surface area contributed by atoms with E-state index in [4.69, 9.17) is 14.2 Å². The van der Waals surface area contributed by atoms with Crippen LogP contribution >= 0.6 is 0 Å². The molecular weight excluding hydrogens is 236 g/mol. The monoisotopic (exact) mass is 248 g/mol. The van der Waals surface area contributed by atoms with Crippen LogP contribution in [0.1, 0.15) is 12.8 Å². The molecule has 0 atom stereocenters. The first kappa shape index (κ1) is 11.1. The average Bonchev–Trinajstić information content (AvgIpc) is 2.79. The van der Waals surface area contributed by atoms with Crippen LogP contribution in [-0.2, 0) is 19.1 Å². The third kappa shape index (κ3) is 1.81. The Morgan fingerprint density at radius 2 is 1.72 bits per heavy atom. The fourth-order valence-electron chi connectivity index (χ4n) is 2.32. The number of ether oxygens (including phenoxy) is 3. The second-order valence-corrected chi connectivity index (χ2v) is 4.47. The first-order valence-corrected chi connectivity index (χ1v) is 5.79. The van der Waals surface area contributed by atoms with Gasteiger partial charge >= 0.3 is 11.9 Å². The van der Waals surface area contributed by atoms with Gasteiger partial charge in [0, 0.05) is 0 Å². The number of hydrogen-bond acceptors (Lipinski definition) is 5. The number of hydrogen-bond donors (Lipinski definition) is 0. The summed E-state index contributed by atoms with van der Waals surface area (Å²) in [6, 6.07) is 9.13. The highest BCUT2D eigenvalue weighted by molar-refractivity contribution is 5.79. The van der Waals surface area contributed by atoms with Crippen molar-refractivity contribution in [2.24, 2.45) is 5.92 Å². The number of fused-ring (bicyclic) bond motifs is 1. The summed E-state index contributed by atoms with van der Waals surface area (Å²) in [5.41, 5.74) is 0. The van der Waals surface area contributed by atoms with Crippen LogP contribution in [0, 0.1) is 5.92 Å². The normalized spacial score (nSPS) is 29.7. The number of para-hydroxylation sites is 1. The van der Waals surface area contributed by atoms with E-state index in [2.05, 4.69) is 0 Å². The van der Waals surface area contributed by atoms with Crippen LogP contribution in [0.15, 0.2) is 30.3 Å². The molecular formula is C13H12O5. The van der Waals surface area contributed by atoms with Crippen LogP contribution in [0.25, 0.3) is 0 Å². The van der Waals surface area contributed by atoms with Crippen LogP contribution < -0.4 is 4.74 Å². The van der Waals surface area contributed by atoms with Crippen LogP contribution in [-0.4, -0.2) is 24.3 Å². The Balaban J connectivity index is 1.74. The lowest BCUT2D eigenvalue weighted by Crippen LogP contribution is -2.40. The van der Waals surface area contributed by atoms with E-state index in [9.17, 15) is 9.59 Å². The molecule has 0 bridgehead atoms. The Hall–Kier alpha value is -2.04. The first-order chi connectivity index (χ1) is 8.68. The molecule has 0 aromatic heterocycles. The van der Waals surface area contributed by atoms with E-state index in [0.717, 1.165) is 0 Å². The molecule has 94 valence electrons. The van der Waals surface area contributed by atoms with E-state index in [1.807, 2.05) is 18.2 Å². The smallest absolute Gasteiger partial charge is 0.309 e. The van der Waals surface area contributed by atoms with Gasteiger partial charge in [0.2, 0.25) is 0 Å². The van der Waals surface area contributed by atoms with Gasteiger partial charge in [-0.05, 0) is 12.1 Å². The Labute approximate surface area is 104 Å². The van der Waals surface area contributed by atoms with Gasteiger partial charge in [-0.15, -0.1) is 0 Å². The van der Waals surface area contributed by atoms with Crippen molar-refractivity contribution in [2.75, 3.05) is 6.61 Å². The number of benzene rings is 1. The van der Waals surface area contributed by atoms with E-state index in [0.29, 0.717) is 5.75 Å². The minimum atomic E-state index is -1.22. The standard InChI is InChI=1S/C13H12O5/c14-11-6-9-7-12(15)18-13(9,17-11)8-16-10-4-2-1-3-5-10/h1-5,9H,6-8H2. The molecule has 0 N–H and O–H groups in total. The topological polar surface area (TPSA) is 61.8 Å². The Kier molecular flexibility index (Phi) is 2.47. The average molecular weight is 248 g/mol. The summed E-state index contributed by atoms with van der Waals surface area (Å²) < 4.78 is 15.9. The molecule has 2 saturated heterocycles. The van der Waals surface area contributed by atoms with Crippen LogP contribution in [0.4, 0.5) is 0 Å². The minimum absolute atomic E-state index is 0.0408. The third-order valence-electron chi connectivity index (χ3n) is 3.20. The molecule has 2 aliphatic heterocycles. The summed E-state index contributed by atoms with van der Waals surface area (Å²) in [5.74, 6) is -1.49. The summed E-state index contributed by atoms with van der Waals surface area (Å²) in [6.07, 6.45) is 0.424. The van der Waals surface area contributed by atoms with Gasteiger partial charge in [0.05, 0.1) is 18.8 Å². The summed E-state index contributed by atoms with van der Waals surface area (Å²) in [5, 5.41) is 0. The fourth-order valence-corrected chi connectivity index (χ4v) is 2.32. The molecule has 0 amide bonds. The van der Waals surface area contributed by atoms with Crippen molar-refractivity contribution in [1.29, 1.82) is 0 Å². The quantitative estimate of drug-likeness (QED) is 0.754. The molecule has 3 rings (SSSR count). The van der Waals surface area contributed by atoms with E-state index in [1.54, 1.807) is 12.1 Å². The Morgan fingerprint density at radius 3 is 2.33 bits per heavy atom. The highest BCUT2D eigenvalue weighted by Gasteiger charge is 2.58. The van der Waals surface area contributed by atoms with E-state index >= 15 is 0 Å². The molecule has 5 heteroatoms. The molecule has 0 saturated carbocycles. The van der Waals surface area contributed by atoms with Gasteiger partial charge in [-0.2, -0.15) is 0 Å². The summed E-state index contributed by atoms with van der Waals surface area (Å²) in [4.78, 5) is 22.6. The van der Waals surface area contributed by atoms with Crippen molar-refractivity contribution in [2.45, 2.75) is 18.6 Å². The lowest BCUT2D eigenvalue weighted by atomic mass is 9.98. The van der Waals surface area contributed by atoms with Crippen LogP contribution in [0.5, 0.6) is 5.75 Å². The Morgan fingerprint density at radius 1 is 1.11 bits per heavy atom. The van der Waals surface area contributed by atoms with Crippen molar-refractivity contribution < 1.29 is 23.8 Å². The highest BCUT2D eigenvalue weighted by Crippen LogP contribution is 2.42. The first-order valence-electron chi connectivity index (χ1n) is 5.79. The van der Waals surface area contributed by atoms with Gasteiger partial charge in [0.25, 0.3) is 5.79 Å². The van der Waals surface area contributed by atoms with Crippen molar-refractivity contribution in [1.82, 2.24) is 0 Å². The molecule has 2 fully saturated rings. The molecule has 2 heterocycles. The van der Waals surface area contributed by atoms with Gasteiger partial charge in [0.15, 0.2) is 6.61 Å². The van der Waals surface area contributed by atoms with Crippen LogP contribution in [0.2, 0.25) is 0 Å². The van der Waals surface area contributed by atoms with Gasteiger partial charge in [-0.1, -0.05) is 18.2 Å². The maximum atomic E-state index is 11.3. The molecule has 0 radical (unpaired) electrons. The zero-order valence-electron chi connectivity index (χ0n) is 9.63. The molecule has 1 aromatic carbocycles. The van der Waals surface area contributed by atoms with Crippen LogP contribution in [0.3, 0.4) is 0 Å². The second kappa shape index (κ2) is 4.01. The molecule has 2 aliphatic rings. The minimum Gasteiger partial charge on any atom is -0.485 e. The lowest BCUT2D eigenvalue weighted by molar-refractivity contribution is -0.214. The molecule has 0 unspecified atom stereocenters. The van der Waals surface area contributed by atoms with Gasteiger partial charge in [-0.25, -0.2) is 0 Å². The molecule has 18 heavy (non-hydrogen) atoms. The lowest BCUT2D eigenvalue weighted by Gasteiger charge is -2.25. The maximum absolute atomic E-state index is 11.3. The highest BCUT2D eigenvalue weighted by atomic mass is 16.8. The maximum Gasteiger partial charge on any atom is 0.309 e. The molecule has 0 aliphatic carbocycles. The number of esters is 2. The number of carbonyl (C=O) groups excluding carboxylic acids is 2. The summed E-state index contributed by atoms with van der Waals surface area (Å²) in [7, 11) is 0. The zero-order valence-corrected chi connectivity index (χ0v) is 9.63. The zero-order chi connectivity index (χ0) is 12.6. The summed E-state index contributed by atoms with van der Waals surface area (Å²) in [6.45, 7) is 0.0408. The largest absolute Gasteiger partial charge is 0.485 e. The number of carbonyl (C=O) groups is 2. The predicted octanol–water partition coefficient (Wildman–Crippen LogP) is 1.27. The Bertz CT molecular complexity index is 461. The van der Waals surface area contributed by atoms with Gasteiger partial charge in [0.1, 0.15) is 5.75 Å². The second-order valence-electron chi connectivity index (χ2n) is 4.47. The van der Waals surface area contributed by atoms with E-state index < -0.39 is 5.79 Å². The van der Waals surface area contributed by atoms with Crippen molar-refractivity contribution in [3.63, 3.8) is 0 Å². The van der Waals surface area contributed by atoms with E-state index in [1.165, 1.54) is 0 Å². The molecule has 5 nitrogen and oxygen atoms in total. The van der Waals surface area contributed by atoms with Gasteiger partial charge in [-0.3, -0.25) is 9.59 Å². The molecule has 0 spiro atoms. The summed E-state index contributed by atoms with van der Waals surface area (Å²) >= 11 is 0. The van der Waals surface area contributed by atoms with Crippen molar-refractivity contribution >= 4 is 11.9 Å². The van der Waals surface area contributed by atoms with E-state index in [-0.39, 0.29) is 37.3 Å². The predicted molar refractivity (Wildman–Crippen MR) is 59.6 cm³/mol. The van der Waals surface area contributed by atoms with Crippen molar-refractivity contribution in [3.05, 3.63) is 30.3 Å².